The number of carbonyl (C=O) groups excluding carboxylic acids is 1. The first-order chi connectivity index (χ1) is 16.5. The highest BCUT2D eigenvalue weighted by Crippen LogP contribution is 2.24. The summed E-state index contributed by atoms with van der Waals surface area (Å²) in [7, 11) is 3.21. The number of hydrogen-bond donors (Lipinski definition) is 1. The Morgan fingerprint density at radius 1 is 1.00 bits per heavy atom. The van der Waals surface area contributed by atoms with Crippen molar-refractivity contribution in [2.75, 3.05) is 19.5 Å². The van der Waals surface area contributed by atoms with Crippen molar-refractivity contribution in [2.45, 2.75) is 13.2 Å². The zero-order valence-electron chi connectivity index (χ0n) is 18.8. The second kappa shape index (κ2) is 10.8. The Hall–Kier alpha value is -3.97. The van der Waals surface area contributed by atoms with Crippen LogP contribution in [0.3, 0.4) is 0 Å². The molecule has 0 aliphatic rings. The third-order valence-corrected chi connectivity index (χ3v) is 5.37. The molecule has 7 nitrogen and oxygen atoms in total. The number of nitrogens with zero attached hydrogens (tertiary/aromatic N) is 2. The molecule has 3 aromatic carbocycles. The molecule has 0 atom stereocenters. The molecule has 0 aliphatic carbocycles. The number of anilines is 1. The van der Waals surface area contributed by atoms with Crippen LogP contribution in [0.4, 0.5) is 5.69 Å². The fourth-order valence-corrected chi connectivity index (χ4v) is 3.53. The molecule has 4 aromatic rings. The van der Waals surface area contributed by atoms with E-state index in [9.17, 15) is 4.79 Å². The molecule has 0 aliphatic heterocycles. The van der Waals surface area contributed by atoms with Gasteiger partial charge in [0.25, 0.3) is 5.91 Å². The van der Waals surface area contributed by atoms with Gasteiger partial charge in [-0.05, 0) is 60.2 Å². The molecule has 1 aromatic heterocycles. The number of carbonyl (C=O) groups is 1. The molecule has 0 unspecified atom stereocenters. The topological polar surface area (TPSA) is 74.6 Å². The maximum atomic E-state index is 12.9. The maximum absolute atomic E-state index is 12.9. The quantitative estimate of drug-likeness (QED) is 0.348. The molecule has 1 heterocycles. The summed E-state index contributed by atoms with van der Waals surface area (Å²) in [5, 5.41) is 7.86. The minimum atomic E-state index is -0.253. The van der Waals surface area contributed by atoms with Crippen LogP contribution in [0.15, 0.2) is 79.1 Å². The van der Waals surface area contributed by atoms with Crippen LogP contribution in [-0.4, -0.2) is 29.9 Å². The van der Waals surface area contributed by atoms with Crippen LogP contribution >= 0.6 is 11.6 Å². The van der Waals surface area contributed by atoms with E-state index in [1.807, 2.05) is 24.3 Å². The maximum Gasteiger partial charge on any atom is 0.255 e. The highest BCUT2D eigenvalue weighted by molar-refractivity contribution is 6.30. The Kier molecular flexibility index (Phi) is 7.34. The predicted molar refractivity (Wildman–Crippen MR) is 131 cm³/mol. The van der Waals surface area contributed by atoms with Gasteiger partial charge in [-0.15, -0.1) is 0 Å². The van der Waals surface area contributed by atoms with Gasteiger partial charge in [0.2, 0.25) is 0 Å². The fraction of sp³-hybridized carbons (Fsp3) is 0.154. The third-order valence-electron chi connectivity index (χ3n) is 5.12. The number of aromatic nitrogens is 2. The molecule has 174 valence electrons. The largest absolute Gasteiger partial charge is 0.497 e. The van der Waals surface area contributed by atoms with E-state index in [4.69, 9.17) is 25.8 Å². The minimum absolute atomic E-state index is 0.240. The van der Waals surface area contributed by atoms with Crippen LogP contribution in [0.2, 0.25) is 5.02 Å². The standard InChI is InChI=1S/C26H24ClN3O4/c1-32-24-5-3-4-18(12-24)15-30-16-22(14-28-30)29-26(31)19-6-11-25(33-2)20(13-19)17-34-23-9-7-21(27)8-10-23/h3-14,16H,15,17H2,1-2H3,(H,29,31). The van der Waals surface area contributed by atoms with Gasteiger partial charge in [-0.25, -0.2) is 0 Å². The van der Waals surface area contributed by atoms with Crippen molar-refractivity contribution in [1.29, 1.82) is 0 Å². The van der Waals surface area contributed by atoms with Crippen LogP contribution in [0.1, 0.15) is 21.5 Å². The van der Waals surface area contributed by atoms with E-state index in [0.717, 1.165) is 16.9 Å². The molecular weight excluding hydrogens is 454 g/mol. The summed E-state index contributed by atoms with van der Waals surface area (Å²) in [4.78, 5) is 12.9. The van der Waals surface area contributed by atoms with E-state index in [2.05, 4.69) is 10.4 Å². The highest BCUT2D eigenvalue weighted by Gasteiger charge is 2.13. The molecule has 8 heteroatoms. The highest BCUT2D eigenvalue weighted by atomic mass is 35.5. The number of hydrogen-bond acceptors (Lipinski definition) is 5. The molecule has 0 saturated heterocycles. The molecule has 0 saturated carbocycles. The van der Waals surface area contributed by atoms with Crippen molar-refractivity contribution >= 4 is 23.2 Å². The van der Waals surface area contributed by atoms with Gasteiger partial charge in [0.15, 0.2) is 0 Å². The lowest BCUT2D eigenvalue weighted by molar-refractivity contribution is 0.102. The Morgan fingerprint density at radius 2 is 1.82 bits per heavy atom. The van der Waals surface area contributed by atoms with Gasteiger partial charge in [0.1, 0.15) is 23.9 Å². The number of halogens is 1. The first-order valence-electron chi connectivity index (χ1n) is 10.6. The van der Waals surface area contributed by atoms with Crippen LogP contribution in [-0.2, 0) is 13.2 Å². The van der Waals surface area contributed by atoms with Gasteiger partial charge in [-0.3, -0.25) is 9.48 Å². The van der Waals surface area contributed by atoms with Crippen LogP contribution in [0.25, 0.3) is 0 Å². The average molecular weight is 478 g/mol. The Balaban J connectivity index is 1.42. The molecule has 0 spiro atoms. The Labute approximate surface area is 202 Å². The van der Waals surface area contributed by atoms with E-state index in [1.54, 1.807) is 73.8 Å². The third kappa shape index (κ3) is 5.88. The van der Waals surface area contributed by atoms with Gasteiger partial charge in [-0.2, -0.15) is 5.10 Å². The van der Waals surface area contributed by atoms with E-state index in [0.29, 0.717) is 34.3 Å². The van der Waals surface area contributed by atoms with Crippen LogP contribution in [0, 0.1) is 0 Å². The van der Waals surface area contributed by atoms with E-state index in [1.165, 1.54) is 0 Å². The first-order valence-corrected chi connectivity index (χ1v) is 10.9. The number of benzene rings is 3. The summed E-state index contributed by atoms with van der Waals surface area (Å²) in [5.41, 5.74) is 2.87. The number of rotatable bonds is 9. The van der Waals surface area contributed by atoms with Crippen molar-refractivity contribution in [3.05, 3.63) is 101 Å². The van der Waals surface area contributed by atoms with Crippen molar-refractivity contribution in [3.8, 4) is 17.2 Å². The normalized spacial score (nSPS) is 10.6. The number of methoxy groups -OCH3 is 2. The van der Waals surface area contributed by atoms with Crippen LogP contribution < -0.4 is 19.5 Å². The van der Waals surface area contributed by atoms with E-state index < -0.39 is 0 Å². The first kappa shape index (κ1) is 23.2. The SMILES string of the molecule is COc1cccc(Cn2cc(NC(=O)c3ccc(OC)c(COc4ccc(Cl)cc4)c3)cn2)c1. The van der Waals surface area contributed by atoms with Crippen molar-refractivity contribution in [2.24, 2.45) is 0 Å². The van der Waals surface area contributed by atoms with Gasteiger partial charge >= 0.3 is 0 Å². The second-order valence-electron chi connectivity index (χ2n) is 7.50. The zero-order chi connectivity index (χ0) is 23.9. The summed E-state index contributed by atoms with van der Waals surface area (Å²) in [6.07, 6.45) is 3.40. The van der Waals surface area contributed by atoms with Gasteiger partial charge < -0.3 is 19.5 Å². The molecule has 1 amide bonds. The fourth-order valence-electron chi connectivity index (χ4n) is 3.40. The summed E-state index contributed by atoms with van der Waals surface area (Å²) in [5.74, 6) is 1.84. The lowest BCUT2D eigenvalue weighted by Crippen LogP contribution is -2.12. The summed E-state index contributed by atoms with van der Waals surface area (Å²) in [6, 6.07) is 20.1. The molecule has 0 bridgehead atoms. The zero-order valence-corrected chi connectivity index (χ0v) is 19.6. The number of amides is 1. The van der Waals surface area contributed by atoms with E-state index >= 15 is 0 Å². The predicted octanol–water partition coefficient (Wildman–Crippen LogP) is 5.43. The Bertz CT molecular complexity index is 1270. The Morgan fingerprint density at radius 3 is 2.59 bits per heavy atom. The number of ether oxygens (including phenoxy) is 3. The summed E-state index contributed by atoms with van der Waals surface area (Å²) >= 11 is 5.92. The summed E-state index contributed by atoms with van der Waals surface area (Å²) < 4.78 is 18.3. The van der Waals surface area contributed by atoms with E-state index in [-0.39, 0.29) is 12.5 Å². The lowest BCUT2D eigenvalue weighted by Gasteiger charge is -2.12. The molecular formula is C26H24ClN3O4. The van der Waals surface area contributed by atoms with Gasteiger partial charge in [0.05, 0.1) is 32.6 Å². The lowest BCUT2D eigenvalue weighted by atomic mass is 10.1. The average Bonchev–Trinajstić information content (AvgIpc) is 3.30. The van der Waals surface area contributed by atoms with Crippen LogP contribution in [0.5, 0.6) is 17.2 Å². The van der Waals surface area contributed by atoms with Crippen molar-refractivity contribution in [1.82, 2.24) is 9.78 Å². The van der Waals surface area contributed by atoms with Crippen molar-refractivity contribution < 1.29 is 19.0 Å². The minimum Gasteiger partial charge on any atom is -0.497 e. The molecule has 4 rings (SSSR count). The molecule has 34 heavy (non-hydrogen) atoms. The molecule has 1 N–H and O–H groups in total. The van der Waals surface area contributed by atoms with Gasteiger partial charge in [0, 0.05) is 22.3 Å². The smallest absolute Gasteiger partial charge is 0.255 e. The number of nitrogens with one attached hydrogen (secondary N) is 1. The molecule has 0 fully saturated rings. The summed E-state index contributed by atoms with van der Waals surface area (Å²) in [6.45, 7) is 0.798. The van der Waals surface area contributed by atoms with Gasteiger partial charge in [-0.1, -0.05) is 23.7 Å². The second-order valence-corrected chi connectivity index (χ2v) is 7.94. The monoisotopic (exact) mass is 477 g/mol. The van der Waals surface area contributed by atoms with Crippen molar-refractivity contribution in [3.63, 3.8) is 0 Å². The molecule has 0 radical (unpaired) electrons.